The van der Waals surface area contributed by atoms with Gasteiger partial charge in [-0.15, -0.1) is 0 Å². The van der Waals surface area contributed by atoms with Crippen LogP contribution in [0.4, 0.5) is 11.6 Å². The molecule has 4 rings (SSSR count). The van der Waals surface area contributed by atoms with Crippen molar-refractivity contribution in [1.82, 2.24) is 9.97 Å². The van der Waals surface area contributed by atoms with Gasteiger partial charge in [0.15, 0.2) is 0 Å². The van der Waals surface area contributed by atoms with E-state index in [0.717, 1.165) is 35.8 Å². The van der Waals surface area contributed by atoms with Crippen molar-refractivity contribution in [2.24, 2.45) is 0 Å². The number of anilines is 2. The third-order valence-electron chi connectivity index (χ3n) is 4.50. The van der Waals surface area contributed by atoms with E-state index in [4.69, 9.17) is 15.5 Å². The largest absolute Gasteiger partial charge is 0.399 e. The monoisotopic (exact) mass is 272 g/mol. The Bertz CT molecular complexity index is 621. The molecule has 20 heavy (non-hydrogen) atoms. The summed E-state index contributed by atoms with van der Waals surface area (Å²) in [6.45, 7) is 1.71. The minimum absolute atomic E-state index is 0.371. The predicted molar refractivity (Wildman–Crippen MR) is 79.8 cm³/mol. The fourth-order valence-electron chi connectivity index (χ4n) is 3.51. The zero-order chi connectivity index (χ0) is 13.5. The Morgan fingerprint density at radius 2 is 2.20 bits per heavy atom. The van der Waals surface area contributed by atoms with Gasteiger partial charge in [0, 0.05) is 12.2 Å². The smallest absolute Gasteiger partial charge is 0.204 e. The zero-order valence-electron chi connectivity index (χ0n) is 11.5. The molecule has 1 aliphatic heterocycles. The molecule has 2 atom stereocenters. The quantitative estimate of drug-likeness (QED) is 0.782. The Morgan fingerprint density at radius 1 is 1.30 bits per heavy atom. The number of H-pyrrole nitrogens is 1. The Labute approximate surface area is 118 Å². The summed E-state index contributed by atoms with van der Waals surface area (Å²) in [5.74, 6) is 0.964. The molecule has 0 bridgehead atoms. The van der Waals surface area contributed by atoms with Crippen molar-refractivity contribution in [3.8, 4) is 0 Å². The van der Waals surface area contributed by atoms with E-state index in [0.29, 0.717) is 12.1 Å². The van der Waals surface area contributed by atoms with Gasteiger partial charge in [-0.1, -0.05) is 12.8 Å². The molecule has 1 aromatic heterocycles. The number of aromatic nitrogens is 2. The van der Waals surface area contributed by atoms with E-state index in [2.05, 4.69) is 9.88 Å². The van der Waals surface area contributed by atoms with Crippen LogP contribution in [0.3, 0.4) is 0 Å². The lowest BCUT2D eigenvalue weighted by atomic mass is 9.90. The zero-order valence-corrected chi connectivity index (χ0v) is 11.5. The number of benzene rings is 1. The lowest BCUT2D eigenvalue weighted by Crippen LogP contribution is -2.53. The molecule has 2 aliphatic rings. The Balaban J connectivity index is 1.69. The maximum Gasteiger partial charge on any atom is 0.204 e. The average Bonchev–Trinajstić information content (AvgIpc) is 2.89. The number of hydrogen-bond donors (Lipinski definition) is 2. The standard InChI is InChI=1S/C15H20N4O/c16-10-5-6-11-12(9-10)18-15(17-11)19-7-8-20-14-4-2-1-3-13(14)19/h5-6,9,13-14H,1-4,7-8,16H2,(H,17,18). The number of fused-ring (bicyclic) bond motifs is 2. The number of morpholine rings is 1. The highest BCUT2D eigenvalue weighted by Crippen LogP contribution is 2.31. The van der Waals surface area contributed by atoms with Crippen LogP contribution in [0.1, 0.15) is 25.7 Å². The van der Waals surface area contributed by atoms with Crippen molar-refractivity contribution in [2.75, 3.05) is 23.8 Å². The minimum Gasteiger partial charge on any atom is -0.399 e. The van der Waals surface area contributed by atoms with Gasteiger partial charge < -0.3 is 20.4 Å². The van der Waals surface area contributed by atoms with E-state index in [1.165, 1.54) is 25.7 Å². The fourth-order valence-corrected chi connectivity index (χ4v) is 3.51. The second kappa shape index (κ2) is 4.66. The number of hydrogen-bond acceptors (Lipinski definition) is 4. The van der Waals surface area contributed by atoms with Gasteiger partial charge in [0.1, 0.15) is 0 Å². The van der Waals surface area contributed by atoms with E-state index in [9.17, 15) is 0 Å². The topological polar surface area (TPSA) is 67.2 Å². The van der Waals surface area contributed by atoms with Crippen LogP contribution < -0.4 is 10.6 Å². The fraction of sp³-hybridized carbons (Fsp3) is 0.533. The van der Waals surface area contributed by atoms with Crippen LogP contribution in [-0.4, -0.2) is 35.3 Å². The highest BCUT2D eigenvalue weighted by Gasteiger charge is 2.35. The van der Waals surface area contributed by atoms with Crippen molar-refractivity contribution in [2.45, 2.75) is 37.8 Å². The van der Waals surface area contributed by atoms with Gasteiger partial charge in [-0.25, -0.2) is 4.98 Å². The summed E-state index contributed by atoms with van der Waals surface area (Å²) in [5, 5.41) is 0. The lowest BCUT2D eigenvalue weighted by Gasteiger charge is -2.43. The molecule has 2 unspecified atom stereocenters. The molecule has 1 saturated heterocycles. The van der Waals surface area contributed by atoms with Crippen LogP contribution in [0.2, 0.25) is 0 Å². The van der Waals surface area contributed by atoms with Crippen LogP contribution in [0.25, 0.3) is 11.0 Å². The number of nitrogen functional groups attached to an aromatic ring is 1. The predicted octanol–water partition coefficient (Wildman–Crippen LogP) is 2.29. The van der Waals surface area contributed by atoms with Crippen molar-refractivity contribution in [1.29, 1.82) is 0 Å². The van der Waals surface area contributed by atoms with Gasteiger partial charge in [0.2, 0.25) is 5.95 Å². The Kier molecular flexibility index (Phi) is 2.80. The minimum atomic E-state index is 0.371. The second-order valence-electron chi connectivity index (χ2n) is 5.79. The highest BCUT2D eigenvalue weighted by atomic mass is 16.5. The number of nitrogens with zero attached hydrogens (tertiary/aromatic N) is 2. The average molecular weight is 272 g/mol. The van der Waals surface area contributed by atoms with E-state index in [1.807, 2.05) is 18.2 Å². The molecule has 2 heterocycles. The molecule has 5 heteroatoms. The lowest BCUT2D eigenvalue weighted by molar-refractivity contribution is -0.00924. The SMILES string of the molecule is Nc1ccc2nc(N3CCOC4CCCCC43)[nH]c2c1. The third-order valence-corrected chi connectivity index (χ3v) is 4.50. The van der Waals surface area contributed by atoms with Crippen LogP contribution in [0, 0.1) is 0 Å². The molecule has 5 nitrogen and oxygen atoms in total. The number of nitrogens with two attached hydrogens (primary N) is 1. The van der Waals surface area contributed by atoms with E-state index >= 15 is 0 Å². The summed E-state index contributed by atoms with van der Waals surface area (Å²) in [5.41, 5.74) is 8.60. The number of imidazole rings is 1. The summed E-state index contributed by atoms with van der Waals surface area (Å²) in [6.07, 6.45) is 5.31. The first-order valence-electron chi connectivity index (χ1n) is 7.45. The van der Waals surface area contributed by atoms with Crippen LogP contribution in [0.15, 0.2) is 18.2 Å². The molecule has 106 valence electrons. The maximum absolute atomic E-state index is 5.92. The summed E-state index contributed by atoms with van der Waals surface area (Å²) >= 11 is 0. The molecule has 0 radical (unpaired) electrons. The summed E-state index contributed by atoms with van der Waals surface area (Å²) in [6, 6.07) is 6.29. The van der Waals surface area contributed by atoms with Crippen LogP contribution in [-0.2, 0) is 4.74 Å². The van der Waals surface area contributed by atoms with E-state index in [1.54, 1.807) is 0 Å². The molecule has 3 N–H and O–H groups in total. The first kappa shape index (κ1) is 12.0. The van der Waals surface area contributed by atoms with E-state index < -0.39 is 0 Å². The molecule has 1 aliphatic carbocycles. The first-order chi connectivity index (χ1) is 9.81. The molecule has 2 aromatic rings. The number of nitrogens with one attached hydrogen (secondary N) is 1. The number of ether oxygens (including phenoxy) is 1. The molecule has 1 aromatic carbocycles. The molecular formula is C15H20N4O. The Morgan fingerprint density at radius 3 is 3.15 bits per heavy atom. The maximum atomic E-state index is 5.92. The van der Waals surface area contributed by atoms with Crippen LogP contribution in [0.5, 0.6) is 0 Å². The number of rotatable bonds is 1. The van der Waals surface area contributed by atoms with Gasteiger partial charge in [-0.05, 0) is 31.0 Å². The van der Waals surface area contributed by atoms with Crippen LogP contribution >= 0.6 is 0 Å². The van der Waals surface area contributed by atoms with Gasteiger partial charge in [-0.2, -0.15) is 0 Å². The number of aromatic amines is 1. The third kappa shape index (κ3) is 1.93. The van der Waals surface area contributed by atoms with Gasteiger partial charge in [0.05, 0.1) is 29.8 Å². The first-order valence-corrected chi connectivity index (χ1v) is 7.45. The second-order valence-corrected chi connectivity index (χ2v) is 5.79. The van der Waals surface area contributed by atoms with Gasteiger partial charge >= 0.3 is 0 Å². The summed E-state index contributed by atoms with van der Waals surface area (Å²) in [7, 11) is 0. The van der Waals surface area contributed by atoms with Crippen molar-refractivity contribution >= 4 is 22.7 Å². The summed E-state index contributed by atoms with van der Waals surface area (Å²) < 4.78 is 5.92. The normalized spacial score (nSPS) is 26.7. The molecule has 1 saturated carbocycles. The molecule has 0 spiro atoms. The van der Waals surface area contributed by atoms with E-state index in [-0.39, 0.29) is 0 Å². The molecular weight excluding hydrogens is 252 g/mol. The van der Waals surface area contributed by atoms with Crippen molar-refractivity contribution in [3.63, 3.8) is 0 Å². The molecule has 2 fully saturated rings. The Hall–Kier alpha value is -1.75. The van der Waals surface area contributed by atoms with Crippen molar-refractivity contribution < 1.29 is 4.74 Å². The highest BCUT2D eigenvalue weighted by molar-refractivity contribution is 5.81. The molecule has 0 amide bonds. The van der Waals surface area contributed by atoms with Crippen molar-refractivity contribution in [3.05, 3.63) is 18.2 Å². The van der Waals surface area contributed by atoms with Gasteiger partial charge in [-0.3, -0.25) is 0 Å². The summed E-state index contributed by atoms with van der Waals surface area (Å²) in [4.78, 5) is 10.5. The van der Waals surface area contributed by atoms with Gasteiger partial charge in [0.25, 0.3) is 0 Å².